The first-order valence-electron chi connectivity index (χ1n) is 7.39. The maximum Gasteiger partial charge on any atom is 0.270 e. The minimum atomic E-state index is -0.421. The molecule has 4 nitrogen and oxygen atoms in total. The molecule has 1 heterocycles. The molecule has 0 saturated carbocycles. The fourth-order valence-electron chi connectivity index (χ4n) is 2.48. The van der Waals surface area contributed by atoms with Crippen LogP contribution in [-0.2, 0) is 4.79 Å². The molecular weight excluding hydrogens is 488 g/mol. The summed E-state index contributed by atoms with van der Waals surface area (Å²) in [7, 11) is 3.13. The summed E-state index contributed by atoms with van der Waals surface area (Å²) >= 11 is 8.63. The van der Waals surface area contributed by atoms with Crippen molar-refractivity contribution in [1.82, 2.24) is 0 Å². The van der Waals surface area contributed by atoms with E-state index in [2.05, 4.69) is 22.6 Å². The lowest BCUT2D eigenvalue weighted by atomic mass is 10.2. The van der Waals surface area contributed by atoms with Crippen LogP contribution in [0.1, 0.15) is 5.56 Å². The molecule has 0 bridgehead atoms. The molecule has 0 aromatic heterocycles. The highest BCUT2D eigenvalue weighted by Crippen LogP contribution is 2.38. The molecule has 0 atom stereocenters. The second-order valence-electron chi connectivity index (χ2n) is 5.24. The van der Waals surface area contributed by atoms with E-state index in [0.29, 0.717) is 26.4 Å². The van der Waals surface area contributed by atoms with Gasteiger partial charge in [0.1, 0.15) is 5.82 Å². The lowest BCUT2D eigenvalue weighted by molar-refractivity contribution is -0.113. The predicted molar refractivity (Wildman–Crippen MR) is 114 cm³/mol. The monoisotopic (exact) mass is 501 g/mol. The Hall–Kier alpha value is -1.65. The number of thioether (sulfide) groups is 1. The van der Waals surface area contributed by atoms with Crippen molar-refractivity contribution in [2.24, 2.45) is 0 Å². The van der Waals surface area contributed by atoms with Crippen LogP contribution < -0.4 is 14.4 Å². The quantitative estimate of drug-likeness (QED) is 0.340. The zero-order chi connectivity index (χ0) is 18.8. The first-order chi connectivity index (χ1) is 12.4. The van der Waals surface area contributed by atoms with Gasteiger partial charge < -0.3 is 9.47 Å². The number of anilines is 1. The molecule has 2 aromatic carbocycles. The second kappa shape index (κ2) is 7.93. The number of benzene rings is 2. The first-order valence-corrected chi connectivity index (χ1v) is 9.70. The van der Waals surface area contributed by atoms with Crippen LogP contribution >= 0.6 is 46.6 Å². The van der Waals surface area contributed by atoms with Gasteiger partial charge in [0.05, 0.1) is 28.4 Å². The van der Waals surface area contributed by atoms with Crippen molar-refractivity contribution in [2.45, 2.75) is 0 Å². The number of halogens is 2. The smallest absolute Gasteiger partial charge is 0.270 e. The standard InChI is InChI=1S/C18H13FINO3S2/c1-23-14-7-10(6-13(20)16(14)24-2)8-15-17(22)21(18(25)26-15)12-5-3-4-11(19)9-12/h3-9H,1-2H3/b15-8-. The SMILES string of the molecule is COc1cc(/C=C2\SC(=S)N(c3cccc(F)c3)C2=O)cc(I)c1OC. The zero-order valence-corrected chi connectivity index (χ0v) is 17.6. The summed E-state index contributed by atoms with van der Waals surface area (Å²) in [4.78, 5) is 14.6. The third-order valence-electron chi connectivity index (χ3n) is 3.61. The molecule has 1 amide bonds. The third kappa shape index (κ3) is 3.72. The number of carbonyl (C=O) groups excluding carboxylic acids is 1. The molecule has 1 saturated heterocycles. The molecule has 1 aliphatic rings. The van der Waals surface area contributed by atoms with Crippen LogP contribution in [0.2, 0.25) is 0 Å². The van der Waals surface area contributed by atoms with E-state index in [4.69, 9.17) is 21.7 Å². The number of carbonyl (C=O) groups is 1. The summed E-state index contributed by atoms with van der Waals surface area (Å²) in [6.07, 6.45) is 1.74. The summed E-state index contributed by atoms with van der Waals surface area (Å²) in [6.45, 7) is 0. The minimum Gasteiger partial charge on any atom is -0.493 e. The van der Waals surface area contributed by atoms with E-state index in [1.807, 2.05) is 6.07 Å². The van der Waals surface area contributed by atoms with E-state index in [9.17, 15) is 9.18 Å². The normalized spacial score (nSPS) is 15.7. The van der Waals surface area contributed by atoms with Gasteiger partial charge in [-0.3, -0.25) is 9.69 Å². The highest BCUT2D eigenvalue weighted by Gasteiger charge is 2.33. The van der Waals surface area contributed by atoms with Gasteiger partial charge in [-0.15, -0.1) is 0 Å². The lowest BCUT2D eigenvalue weighted by Gasteiger charge is -2.14. The zero-order valence-electron chi connectivity index (χ0n) is 13.8. The summed E-state index contributed by atoms with van der Waals surface area (Å²) in [5.41, 5.74) is 1.20. The highest BCUT2D eigenvalue weighted by molar-refractivity contribution is 14.1. The fraction of sp³-hybridized carbons (Fsp3) is 0.111. The molecule has 3 rings (SSSR count). The summed E-state index contributed by atoms with van der Waals surface area (Å²) in [5.74, 6) is 0.509. The molecule has 0 aliphatic carbocycles. The second-order valence-corrected chi connectivity index (χ2v) is 8.07. The molecule has 0 unspecified atom stereocenters. The van der Waals surface area contributed by atoms with Gasteiger partial charge in [0.15, 0.2) is 15.8 Å². The molecule has 2 aromatic rings. The van der Waals surface area contributed by atoms with Crippen LogP contribution in [0.15, 0.2) is 41.3 Å². The van der Waals surface area contributed by atoms with E-state index in [0.717, 1.165) is 9.13 Å². The Labute approximate surface area is 173 Å². The van der Waals surface area contributed by atoms with Crippen LogP contribution in [-0.4, -0.2) is 24.4 Å². The Morgan fingerprint density at radius 1 is 1.23 bits per heavy atom. The lowest BCUT2D eigenvalue weighted by Crippen LogP contribution is -2.27. The van der Waals surface area contributed by atoms with Crippen molar-refractivity contribution in [3.05, 3.63) is 56.3 Å². The van der Waals surface area contributed by atoms with E-state index < -0.39 is 5.82 Å². The predicted octanol–water partition coefficient (Wildman–Crippen LogP) is 4.85. The van der Waals surface area contributed by atoms with Gasteiger partial charge in [0, 0.05) is 0 Å². The van der Waals surface area contributed by atoms with Crippen LogP contribution in [0.5, 0.6) is 11.5 Å². The Bertz CT molecular complexity index is 933. The van der Waals surface area contributed by atoms with Crippen molar-refractivity contribution in [3.8, 4) is 11.5 Å². The Balaban J connectivity index is 1.97. The van der Waals surface area contributed by atoms with Crippen molar-refractivity contribution in [1.29, 1.82) is 0 Å². The Kier molecular flexibility index (Phi) is 5.83. The third-order valence-corrected chi connectivity index (χ3v) is 5.72. The average Bonchev–Trinajstić information content (AvgIpc) is 2.88. The van der Waals surface area contributed by atoms with Gasteiger partial charge in [0.25, 0.3) is 5.91 Å². The maximum atomic E-state index is 13.5. The summed E-state index contributed by atoms with van der Waals surface area (Å²) in [5, 5.41) is 0. The molecule has 8 heteroatoms. The summed E-state index contributed by atoms with van der Waals surface area (Å²) < 4.78 is 25.4. The maximum absolute atomic E-state index is 13.5. The van der Waals surface area contributed by atoms with Crippen molar-refractivity contribution >= 4 is 68.6 Å². The number of nitrogens with zero attached hydrogens (tertiary/aromatic N) is 1. The molecular formula is C18H13FINO3S2. The van der Waals surface area contributed by atoms with Crippen LogP contribution in [0.4, 0.5) is 10.1 Å². The number of amides is 1. The van der Waals surface area contributed by atoms with Gasteiger partial charge in [0.2, 0.25) is 0 Å². The van der Waals surface area contributed by atoms with Gasteiger partial charge in [-0.2, -0.15) is 0 Å². The molecule has 1 fully saturated rings. The molecule has 134 valence electrons. The van der Waals surface area contributed by atoms with Crippen LogP contribution in [0.25, 0.3) is 6.08 Å². The molecule has 26 heavy (non-hydrogen) atoms. The van der Waals surface area contributed by atoms with Gasteiger partial charge in [-0.05, 0) is 64.6 Å². The van der Waals surface area contributed by atoms with Crippen LogP contribution in [0, 0.1) is 9.39 Å². The fourth-order valence-corrected chi connectivity index (χ4v) is 4.62. The molecule has 0 N–H and O–H groups in total. The first kappa shape index (κ1) is 19.1. The molecule has 0 radical (unpaired) electrons. The van der Waals surface area contributed by atoms with E-state index >= 15 is 0 Å². The largest absolute Gasteiger partial charge is 0.493 e. The number of ether oxygens (including phenoxy) is 2. The topological polar surface area (TPSA) is 38.8 Å². The van der Waals surface area contributed by atoms with Crippen molar-refractivity contribution in [3.63, 3.8) is 0 Å². The van der Waals surface area contributed by atoms with E-state index in [-0.39, 0.29) is 5.91 Å². The highest BCUT2D eigenvalue weighted by atomic mass is 127. The summed E-state index contributed by atoms with van der Waals surface area (Å²) in [6, 6.07) is 9.47. The van der Waals surface area contributed by atoms with E-state index in [1.54, 1.807) is 38.5 Å². The average molecular weight is 501 g/mol. The number of hydrogen-bond donors (Lipinski definition) is 0. The van der Waals surface area contributed by atoms with E-state index in [1.165, 1.54) is 28.8 Å². The molecule has 1 aliphatic heterocycles. The Morgan fingerprint density at radius 3 is 2.65 bits per heavy atom. The van der Waals surface area contributed by atoms with Gasteiger partial charge >= 0.3 is 0 Å². The van der Waals surface area contributed by atoms with Gasteiger partial charge in [-0.25, -0.2) is 4.39 Å². The number of thiocarbonyl (C=S) groups is 1. The van der Waals surface area contributed by atoms with Crippen molar-refractivity contribution in [2.75, 3.05) is 19.1 Å². The van der Waals surface area contributed by atoms with Gasteiger partial charge in [-0.1, -0.05) is 30.0 Å². The molecule has 0 spiro atoms. The number of methoxy groups -OCH3 is 2. The Morgan fingerprint density at radius 2 is 2.00 bits per heavy atom. The number of rotatable bonds is 4. The minimum absolute atomic E-state index is 0.282. The van der Waals surface area contributed by atoms with Crippen LogP contribution in [0.3, 0.4) is 0 Å². The van der Waals surface area contributed by atoms with Crippen molar-refractivity contribution < 1.29 is 18.7 Å². The number of hydrogen-bond acceptors (Lipinski definition) is 5.